The maximum absolute atomic E-state index is 13.1. The number of Topliss-reactive ketones (excluding diaryl/α,β-unsaturated/α-hetero) is 1. The van der Waals surface area contributed by atoms with E-state index in [0.717, 1.165) is 11.1 Å². The van der Waals surface area contributed by atoms with Gasteiger partial charge in [0.25, 0.3) is 6.43 Å². The van der Waals surface area contributed by atoms with Crippen molar-refractivity contribution >= 4 is 17.5 Å². The Morgan fingerprint density at radius 1 is 1.17 bits per heavy atom. The Morgan fingerprint density at radius 2 is 1.97 bits per heavy atom. The minimum absolute atomic E-state index is 0.0798. The second-order valence-electron chi connectivity index (χ2n) is 7.08. The average Bonchev–Trinajstić information content (AvgIpc) is 3.08. The van der Waals surface area contributed by atoms with Crippen molar-refractivity contribution in [1.29, 1.82) is 5.26 Å². The van der Waals surface area contributed by atoms with Crippen LogP contribution in [0.1, 0.15) is 47.6 Å². The van der Waals surface area contributed by atoms with Gasteiger partial charge in [0.2, 0.25) is 0 Å². The summed E-state index contributed by atoms with van der Waals surface area (Å²) in [6.07, 6.45) is -2.03. The lowest BCUT2D eigenvalue weighted by Gasteiger charge is -2.35. The fraction of sp³-hybridized carbons (Fsp3) is 0.227. The van der Waals surface area contributed by atoms with Gasteiger partial charge >= 0.3 is 6.03 Å². The summed E-state index contributed by atoms with van der Waals surface area (Å²) in [5.74, 6) is -0.0798. The highest BCUT2D eigenvalue weighted by Crippen LogP contribution is 2.41. The van der Waals surface area contributed by atoms with Crippen LogP contribution in [0, 0.1) is 18.3 Å². The standard InChI is InChI=1S/C22H17F2N3O2/c1-12-9-13(11-25)5-6-16(12)20-19-17(7-8-18(19)28)27(22(29)26-20)15-4-2-3-14(10-15)21(23)24/h2-6,9-10,20-21H,7-8H2,1H3,(H,26,29). The van der Waals surface area contributed by atoms with Crippen molar-refractivity contribution in [3.05, 3.63) is 76.0 Å². The highest BCUT2D eigenvalue weighted by Gasteiger charge is 2.41. The molecule has 29 heavy (non-hydrogen) atoms. The predicted molar refractivity (Wildman–Crippen MR) is 102 cm³/mol. The zero-order valence-corrected chi connectivity index (χ0v) is 15.6. The van der Waals surface area contributed by atoms with Crippen LogP contribution in [-0.2, 0) is 4.79 Å². The summed E-state index contributed by atoms with van der Waals surface area (Å²) >= 11 is 0. The van der Waals surface area contributed by atoms with E-state index in [1.807, 2.05) is 6.92 Å². The van der Waals surface area contributed by atoms with Crippen LogP contribution in [0.15, 0.2) is 53.7 Å². The van der Waals surface area contributed by atoms with Gasteiger partial charge < -0.3 is 5.32 Å². The summed E-state index contributed by atoms with van der Waals surface area (Å²) in [6, 6.07) is 11.7. The van der Waals surface area contributed by atoms with Crippen LogP contribution >= 0.6 is 0 Å². The number of aryl methyl sites for hydroxylation is 1. The van der Waals surface area contributed by atoms with Crippen molar-refractivity contribution < 1.29 is 18.4 Å². The Bertz CT molecular complexity index is 1100. The number of hydrogen-bond donors (Lipinski definition) is 1. The lowest BCUT2D eigenvalue weighted by atomic mass is 9.91. The van der Waals surface area contributed by atoms with Crippen LogP contribution < -0.4 is 10.2 Å². The van der Waals surface area contributed by atoms with E-state index in [9.17, 15) is 18.4 Å². The third-order valence-corrected chi connectivity index (χ3v) is 5.32. The third kappa shape index (κ3) is 3.17. The first-order chi connectivity index (χ1) is 13.9. The quantitative estimate of drug-likeness (QED) is 0.822. The largest absolute Gasteiger partial charge is 0.327 e. The summed E-state index contributed by atoms with van der Waals surface area (Å²) in [5, 5.41) is 11.9. The molecule has 0 spiro atoms. The number of benzene rings is 2. The predicted octanol–water partition coefficient (Wildman–Crippen LogP) is 4.69. The van der Waals surface area contributed by atoms with Crippen molar-refractivity contribution in [3.8, 4) is 6.07 Å². The first kappa shape index (κ1) is 18.8. The van der Waals surface area contributed by atoms with Crippen molar-refractivity contribution in [2.45, 2.75) is 32.2 Å². The lowest BCUT2D eigenvalue weighted by molar-refractivity contribution is -0.115. The van der Waals surface area contributed by atoms with Gasteiger partial charge in [-0.05, 0) is 48.7 Å². The van der Waals surface area contributed by atoms with Crippen LogP contribution in [0.2, 0.25) is 0 Å². The Balaban J connectivity index is 1.82. The van der Waals surface area contributed by atoms with E-state index in [1.54, 1.807) is 24.3 Å². The Kier molecular flexibility index (Phi) is 4.63. The van der Waals surface area contributed by atoms with E-state index in [-0.39, 0.29) is 17.8 Å². The maximum Gasteiger partial charge on any atom is 0.327 e. The Morgan fingerprint density at radius 3 is 2.66 bits per heavy atom. The van der Waals surface area contributed by atoms with Crippen LogP contribution in [0.3, 0.4) is 0 Å². The number of amides is 2. The van der Waals surface area contributed by atoms with E-state index >= 15 is 0 Å². The second-order valence-corrected chi connectivity index (χ2v) is 7.08. The third-order valence-electron chi connectivity index (χ3n) is 5.32. The van der Waals surface area contributed by atoms with E-state index in [0.29, 0.717) is 28.9 Å². The number of rotatable bonds is 3. The molecule has 2 aromatic rings. The summed E-state index contributed by atoms with van der Waals surface area (Å²) in [5.41, 5.74) is 3.14. The number of carbonyl (C=O) groups excluding carboxylic acids is 2. The molecule has 2 aromatic carbocycles. The van der Waals surface area contributed by atoms with E-state index in [2.05, 4.69) is 11.4 Å². The second kappa shape index (κ2) is 7.13. The van der Waals surface area contributed by atoms with E-state index in [4.69, 9.17) is 5.26 Å². The number of urea groups is 1. The number of nitrogens with zero attached hydrogens (tertiary/aromatic N) is 2. The van der Waals surface area contributed by atoms with E-state index in [1.165, 1.54) is 23.1 Å². The monoisotopic (exact) mass is 393 g/mol. The summed E-state index contributed by atoms with van der Waals surface area (Å²) in [7, 11) is 0. The number of allylic oxidation sites excluding steroid dienone is 1. The molecule has 4 rings (SSSR count). The molecule has 0 fully saturated rings. The molecule has 2 amide bonds. The molecule has 146 valence electrons. The molecule has 0 bridgehead atoms. The molecular formula is C22H17F2N3O2. The maximum atomic E-state index is 13.1. The summed E-state index contributed by atoms with van der Waals surface area (Å²) in [6.45, 7) is 1.82. The van der Waals surface area contributed by atoms with Crippen LogP contribution in [0.5, 0.6) is 0 Å². The first-order valence-corrected chi connectivity index (χ1v) is 9.16. The molecule has 1 N–H and O–H groups in total. The van der Waals surface area contributed by atoms with Gasteiger partial charge in [-0.15, -0.1) is 0 Å². The fourth-order valence-electron chi connectivity index (χ4n) is 3.98. The van der Waals surface area contributed by atoms with Crippen molar-refractivity contribution in [2.24, 2.45) is 0 Å². The molecule has 1 aliphatic heterocycles. The number of nitrogens with one attached hydrogen (secondary N) is 1. The Hall–Kier alpha value is -3.53. The van der Waals surface area contributed by atoms with Crippen LogP contribution in [0.4, 0.5) is 19.3 Å². The minimum atomic E-state index is -2.66. The average molecular weight is 393 g/mol. The molecule has 0 aromatic heterocycles. The molecule has 1 unspecified atom stereocenters. The number of anilines is 1. The molecule has 2 aliphatic rings. The summed E-state index contributed by atoms with van der Waals surface area (Å²) < 4.78 is 26.2. The number of nitriles is 1. The van der Waals surface area contributed by atoms with Crippen molar-refractivity contribution in [1.82, 2.24) is 5.32 Å². The normalized spacial score (nSPS) is 18.7. The zero-order chi connectivity index (χ0) is 20.7. The SMILES string of the molecule is Cc1cc(C#N)ccc1C1NC(=O)N(c2cccc(C(F)F)c2)C2=C1C(=O)CC2. The van der Waals surface area contributed by atoms with Gasteiger partial charge in [-0.25, -0.2) is 13.6 Å². The minimum Gasteiger partial charge on any atom is -0.326 e. The molecule has 1 heterocycles. The number of halogens is 2. The van der Waals surface area contributed by atoms with E-state index < -0.39 is 18.5 Å². The molecule has 7 heteroatoms. The van der Waals surface area contributed by atoms with Crippen LogP contribution in [0.25, 0.3) is 0 Å². The molecule has 0 saturated carbocycles. The van der Waals surface area contributed by atoms with Gasteiger partial charge in [-0.2, -0.15) is 5.26 Å². The molecule has 1 atom stereocenters. The molecule has 1 aliphatic carbocycles. The number of alkyl halides is 2. The first-order valence-electron chi connectivity index (χ1n) is 9.16. The summed E-state index contributed by atoms with van der Waals surface area (Å²) in [4.78, 5) is 27.0. The Labute approximate surface area is 166 Å². The highest BCUT2D eigenvalue weighted by atomic mass is 19.3. The van der Waals surface area contributed by atoms with Gasteiger partial charge in [-0.1, -0.05) is 18.2 Å². The van der Waals surface area contributed by atoms with Gasteiger partial charge in [0.15, 0.2) is 5.78 Å². The van der Waals surface area contributed by atoms with Gasteiger partial charge in [0, 0.05) is 23.3 Å². The van der Waals surface area contributed by atoms with Gasteiger partial charge in [0.1, 0.15) is 0 Å². The van der Waals surface area contributed by atoms with Crippen LogP contribution in [-0.4, -0.2) is 11.8 Å². The topological polar surface area (TPSA) is 73.2 Å². The molecular weight excluding hydrogens is 376 g/mol. The smallest absolute Gasteiger partial charge is 0.326 e. The zero-order valence-electron chi connectivity index (χ0n) is 15.6. The molecule has 5 nitrogen and oxygen atoms in total. The molecule has 0 saturated heterocycles. The van der Waals surface area contributed by atoms with Gasteiger partial charge in [0.05, 0.1) is 23.4 Å². The lowest BCUT2D eigenvalue weighted by Crippen LogP contribution is -2.47. The van der Waals surface area contributed by atoms with Crippen molar-refractivity contribution in [2.75, 3.05) is 4.90 Å². The highest BCUT2D eigenvalue weighted by molar-refractivity contribution is 6.08. The fourth-order valence-corrected chi connectivity index (χ4v) is 3.98. The number of ketones is 1. The number of carbonyl (C=O) groups is 2. The van der Waals surface area contributed by atoms with Crippen molar-refractivity contribution in [3.63, 3.8) is 0 Å². The van der Waals surface area contributed by atoms with Gasteiger partial charge in [-0.3, -0.25) is 9.69 Å². The molecule has 0 radical (unpaired) electrons. The number of hydrogen-bond acceptors (Lipinski definition) is 3.